The van der Waals surface area contributed by atoms with E-state index in [1.165, 1.54) is 6.07 Å². The molecule has 4 aromatic heterocycles. The molecule has 2 amide bonds. The highest BCUT2D eigenvalue weighted by molar-refractivity contribution is 6.06. The fraction of sp³-hybridized carbons (Fsp3) is 0.333. The van der Waals surface area contributed by atoms with E-state index in [2.05, 4.69) is 36.2 Å². The zero-order valence-corrected chi connectivity index (χ0v) is 24.5. The normalized spacial score (nSPS) is 15.2. The van der Waals surface area contributed by atoms with E-state index in [4.69, 9.17) is 14.2 Å². The van der Waals surface area contributed by atoms with Gasteiger partial charge in [0.2, 0.25) is 17.6 Å². The monoisotopic (exact) mass is 596 g/mol. The molecule has 2 fully saturated rings. The van der Waals surface area contributed by atoms with E-state index in [0.717, 1.165) is 46.3 Å². The zero-order chi connectivity index (χ0) is 30.4. The molecule has 1 aromatic carbocycles. The number of anilines is 3. The first-order valence-electron chi connectivity index (χ1n) is 14.5. The van der Waals surface area contributed by atoms with Gasteiger partial charge in [-0.3, -0.25) is 19.2 Å². The SMILES string of the molecule is Cc1cnc(Nc2cc(C)n(C)n2)nc1-c1c[nH]c2c(NC(=O)CN3CC(Oc4cc(C(=O)NC5CC5)on4)C3)cccc12. The van der Waals surface area contributed by atoms with Gasteiger partial charge in [-0.25, -0.2) is 9.97 Å². The number of ether oxygens (including phenoxy) is 1. The van der Waals surface area contributed by atoms with Crippen LogP contribution < -0.4 is 20.7 Å². The average Bonchev–Trinajstić information content (AvgIpc) is 3.34. The first kappa shape index (κ1) is 27.6. The van der Waals surface area contributed by atoms with Gasteiger partial charge in [-0.15, -0.1) is 0 Å². The fourth-order valence-corrected chi connectivity index (χ4v) is 5.16. The van der Waals surface area contributed by atoms with Crippen molar-refractivity contribution in [2.75, 3.05) is 30.3 Å². The molecule has 44 heavy (non-hydrogen) atoms. The summed E-state index contributed by atoms with van der Waals surface area (Å²) >= 11 is 0. The molecule has 4 N–H and O–H groups in total. The van der Waals surface area contributed by atoms with Crippen molar-refractivity contribution in [2.45, 2.75) is 38.8 Å². The summed E-state index contributed by atoms with van der Waals surface area (Å²) in [7, 11) is 1.88. The topological polar surface area (TPSA) is 168 Å². The number of fused-ring (bicyclic) bond motifs is 1. The molecular formula is C30H32N10O4. The van der Waals surface area contributed by atoms with Crippen LogP contribution in [0.3, 0.4) is 0 Å². The van der Waals surface area contributed by atoms with Gasteiger partial charge in [-0.1, -0.05) is 12.1 Å². The van der Waals surface area contributed by atoms with Crippen molar-refractivity contribution in [3.8, 4) is 17.1 Å². The van der Waals surface area contributed by atoms with Crippen LogP contribution in [0.4, 0.5) is 17.5 Å². The Morgan fingerprint density at radius 1 is 1.18 bits per heavy atom. The lowest BCUT2D eigenvalue weighted by Crippen LogP contribution is -2.55. The summed E-state index contributed by atoms with van der Waals surface area (Å²) in [5.74, 6) is 1.10. The van der Waals surface area contributed by atoms with Crippen LogP contribution >= 0.6 is 0 Å². The summed E-state index contributed by atoms with van der Waals surface area (Å²) in [6.45, 7) is 5.27. The number of likely N-dealkylation sites (tertiary alicyclic amines) is 1. The predicted molar refractivity (Wildman–Crippen MR) is 162 cm³/mol. The second-order valence-electron chi connectivity index (χ2n) is 11.3. The summed E-state index contributed by atoms with van der Waals surface area (Å²) in [6, 6.07) is 9.44. The number of rotatable bonds is 10. The predicted octanol–water partition coefficient (Wildman–Crippen LogP) is 3.30. The number of nitrogens with one attached hydrogen (secondary N) is 4. The number of aryl methyl sites for hydroxylation is 3. The number of hydrogen-bond acceptors (Lipinski definition) is 10. The number of carbonyl (C=O) groups excluding carboxylic acids is 2. The number of aromatic nitrogens is 6. The van der Waals surface area contributed by atoms with E-state index in [1.807, 2.05) is 56.3 Å². The first-order chi connectivity index (χ1) is 21.3. The molecule has 5 aromatic rings. The zero-order valence-electron chi connectivity index (χ0n) is 24.5. The maximum absolute atomic E-state index is 13.0. The van der Waals surface area contributed by atoms with E-state index in [0.29, 0.717) is 30.5 Å². The summed E-state index contributed by atoms with van der Waals surface area (Å²) in [5, 5.41) is 18.3. The van der Waals surface area contributed by atoms with Crippen molar-refractivity contribution in [1.29, 1.82) is 0 Å². The largest absolute Gasteiger partial charge is 0.469 e. The van der Waals surface area contributed by atoms with Gasteiger partial charge in [-0.05, 0) is 43.5 Å². The Morgan fingerprint density at radius 2 is 2.02 bits per heavy atom. The molecule has 0 bridgehead atoms. The molecule has 2 aliphatic rings. The Kier molecular flexibility index (Phi) is 6.97. The van der Waals surface area contributed by atoms with E-state index in [-0.39, 0.29) is 42.1 Å². The summed E-state index contributed by atoms with van der Waals surface area (Å²) < 4.78 is 12.7. The quantitative estimate of drug-likeness (QED) is 0.188. The lowest BCUT2D eigenvalue weighted by molar-refractivity contribution is -0.119. The smallest absolute Gasteiger partial charge is 0.290 e. The summed E-state index contributed by atoms with van der Waals surface area (Å²) in [4.78, 5) is 39.6. The van der Waals surface area contributed by atoms with Gasteiger partial charge in [0.1, 0.15) is 6.10 Å². The van der Waals surface area contributed by atoms with Crippen molar-refractivity contribution < 1.29 is 18.8 Å². The van der Waals surface area contributed by atoms with Crippen LogP contribution in [0.15, 0.2) is 47.2 Å². The second-order valence-corrected chi connectivity index (χ2v) is 11.3. The third-order valence-electron chi connectivity index (χ3n) is 7.77. The summed E-state index contributed by atoms with van der Waals surface area (Å²) in [6.07, 6.45) is 5.52. The molecule has 0 atom stereocenters. The number of para-hydroxylation sites is 1. The Bertz CT molecular complexity index is 1840. The minimum Gasteiger partial charge on any atom is -0.469 e. The second kappa shape index (κ2) is 11.1. The molecule has 5 heterocycles. The van der Waals surface area contributed by atoms with Crippen molar-refractivity contribution in [1.82, 2.24) is 40.1 Å². The van der Waals surface area contributed by atoms with Gasteiger partial charge in [-0.2, -0.15) is 5.10 Å². The third-order valence-corrected chi connectivity index (χ3v) is 7.77. The lowest BCUT2D eigenvalue weighted by atomic mass is 10.1. The molecule has 1 saturated heterocycles. The van der Waals surface area contributed by atoms with E-state index in [9.17, 15) is 9.59 Å². The van der Waals surface area contributed by atoms with Crippen LogP contribution in [0.5, 0.6) is 5.88 Å². The number of hydrogen-bond donors (Lipinski definition) is 4. The maximum atomic E-state index is 13.0. The number of amides is 2. The highest BCUT2D eigenvalue weighted by Gasteiger charge is 2.32. The molecule has 0 radical (unpaired) electrons. The molecule has 7 rings (SSSR count). The van der Waals surface area contributed by atoms with Gasteiger partial charge >= 0.3 is 0 Å². The standard InChI is InChI=1S/C30H32N10O4/c1-16-11-32-30(35-24-9-17(2)39(3)37-24)36-27(16)21-12-31-28-20(21)5-4-6-22(28)34-25(41)15-40-13-19(14-40)43-26-10-23(44-38-26)29(42)33-18-7-8-18/h4-6,9-12,18-19,31H,7-8,13-15H2,1-3H3,(H,33,42)(H,34,41)(H,32,35,36,37). The summed E-state index contributed by atoms with van der Waals surface area (Å²) in [5.41, 5.74) is 5.10. The van der Waals surface area contributed by atoms with Crippen LogP contribution in [0, 0.1) is 13.8 Å². The van der Waals surface area contributed by atoms with Crippen LogP contribution in [0.2, 0.25) is 0 Å². The van der Waals surface area contributed by atoms with Crippen LogP contribution in [-0.2, 0) is 11.8 Å². The molecule has 1 saturated carbocycles. The number of aromatic amines is 1. The maximum Gasteiger partial charge on any atom is 0.290 e. The minimum atomic E-state index is -0.282. The van der Waals surface area contributed by atoms with Gasteiger partial charge < -0.3 is 30.2 Å². The van der Waals surface area contributed by atoms with Crippen molar-refractivity contribution in [3.05, 3.63) is 59.7 Å². The minimum absolute atomic E-state index is 0.135. The highest BCUT2D eigenvalue weighted by Crippen LogP contribution is 2.33. The Balaban J connectivity index is 0.969. The Hall–Kier alpha value is -5.24. The molecule has 0 spiro atoms. The van der Waals surface area contributed by atoms with E-state index in [1.54, 1.807) is 10.9 Å². The molecule has 14 nitrogen and oxygen atoms in total. The Labute approximate surface area is 252 Å². The van der Waals surface area contributed by atoms with Crippen LogP contribution in [-0.4, -0.2) is 78.4 Å². The van der Waals surface area contributed by atoms with Crippen molar-refractivity contribution in [3.63, 3.8) is 0 Å². The Morgan fingerprint density at radius 3 is 2.80 bits per heavy atom. The van der Waals surface area contributed by atoms with Crippen LogP contribution in [0.1, 0.15) is 34.7 Å². The number of benzene rings is 1. The molecule has 14 heteroatoms. The van der Waals surface area contributed by atoms with Crippen LogP contribution in [0.25, 0.3) is 22.2 Å². The third kappa shape index (κ3) is 5.71. The van der Waals surface area contributed by atoms with E-state index >= 15 is 0 Å². The average molecular weight is 597 g/mol. The highest BCUT2D eigenvalue weighted by atomic mass is 16.5. The molecule has 0 unspecified atom stereocenters. The molecule has 1 aliphatic heterocycles. The molecule has 226 valence electrons. The first-order valence-corrected chi connectivity index (χ1v) is 14.5. The number of carbonyl (C=O) groups is 2. The number of H-pyrrole nitrogens is 1. The number of nitrogens with zero attached hydrogens (tertiary/aromatic N) is 6. The van der Waals surface area contributed by atoms with E-state index < -0.39 is 0 Å². The van der Waals surface area contributed by atoms with Gasteiger partial charge in [0.15, 0.2) is 5.82 Å². The van der Waals surface area contributed by atoms with Gasteiger partial charge in [0.25, 0.3) is 11.8 Å². The van der Waals surface area contributed by atoms with Crippen molar-refractivity contribution >= 4 is 40.2 Å². The fourth-order valence-electron chi connectivity index (χ4n) is 5.16. The molecule has 1 aliphatic carbocycles. The molecular weight excluding hydrogens is 564 g/mol. The van der Waals surface area contributed by atoms with Crippen molar-refractivity contribution in [2.24, 2.45) is 7.05 Å². The lowest BCUT2D eigenvalue weighted by Gasteiger charge is -2.37. The van der Waals surface area contributed by atoms with Gasteiger partial charge in [0.05, 0.1) is 29.5 Å². The van der Waals surface area contributed by atoms with Gasteiger partial charge in [0, 0.05) is 61.3 Å².